The van der Waals surface area contributed by atoms with Crippen molar-refractivity contribution < 1.29 is 18.1 Å². The number of piperidine rings is 1. The highest BCUT2D eigenvalue weighted by molar-refractivity contribution is 7.89. The summed E-state index contributed by atoms with van der Waals surface area (Å²) in [6.07, 6.45) is 3.58. The Morgan fingerprint density at radius 1 is 1.02 bits per heavy atom. The average molecular weight is 636 g/mol. The molecule has 240 valence electrons. The highest BCUT2D eigenvalue weighted by Crippen LogP contribution is 2.33. The second-order valence-corrected chi connectivity index (χ2v) is 14.5. The fourth-order valence-electron chi connectivity index (χ4n) is 6.41. The Balaban J connectivity index is 1.22. The molecule has 1 N–H and O–H groups in total. The number of hydrogen-bond donors (Lipinski definition) is 1. The maximum atomic E-state index is 14.0. The average Bonchev–Trinajstić information content (AvgIpc) is 3.85. The number of pyridine rings is 1. The second kappa shape index (κ2) is 13.0. The number of aryl methyl sites for hydroxylation is 1. The minimum absolute atomic E-state index is 0.397. The van der Waals surface area contributed by atoms with Gasteiger partial charge in [0.2, 0.25) is 5.91 Å². The molecule has 13 heteroatoms. The van der Waals surface area contributed by atoms with Crippen molar-refractivity contribution in [3.05, 3.63) is 64.2 Å². The van der Waals surface area contributed by atoms with E-state index < -0.39 is 44.0 Å². The summed E-state index contributed by atoms with van der Waals surface area (Å²) >= 11 is 0. The highest BCUT2D eigenvalue weighted by Gasteiger charge is 2.39. The molecule has 0 radical (unpaired) electrons. The van der Waals surface area contributed by atoms with Gasteiger partial charge in [-0.25, -0.2) is 13.4 Å². The molecule has 3 heterocycles. The lowest BCUT2D eigenvalue weighted by Crippen LogP contribution is -2.50. The summed E-state index contributed by atoms with van der Waals surface area (Å²) < 4.78 is 29.2. The van der Waals surface area contributed by atoms with Gasteiger partial charge in [-0.3, -0.25) is 14.9 Å². The Morgan fingerprint density at radius 3 is 2.42 bits per heavy atom. The van der Waals surface area contributed by atoms with Crippen molar-refractivity contribution in [2.75, 3.05) is 69.6 Å². The molecule has 12 nitrogen and oxygen atoms in total. The summed E-state index contributed by atoms with van der Waals surface area (Å²) in [5.74, 6) is 1.15. The van der Waals surface area contributed by atoms with Crippen LogP contribution in [0.2, 0.25) is 0 Å². The zero-order valence-corrected chi connectivity index (χ0v) is 26.7. The number of nitrogens with one attached hydrogen (secondary N) is 1. The van der Waals surface area contributed by atoms with E-state index >= 15 is 0 Å². The Bertz CT molecular complexity index is 1680. The Labute approximate surface area is 264 Å². The lowest BCUT2D eigenvalue weighted by molar-refractivity contribution is -0.387. The van der Waals surface area contributed by atoms with Crippen LogP contribution in [0.5, 0.6) is 0 Å². The van der Waals surface area contributed by atoms with Crippen molar-refractivity contribution in [2.24, 2.45) is 5.92 Å². The SMILES string of the molecule is Cc1cc(N2CCN(C)CC2)nc2ccc(NC(=O)CN(C3CCN(CC4CC4)CC3)S(=O)(=O)c3ccccc3[N+](=O)[O-])cc12. The third-order valence-electron chi connectivity index (χ3n) is 9.24. The molecule has 2 aromatic carbocycles. The van der Waals surface area contributed by atoms with Gasteiger partial charge in [-0.1, -0.05) is 12.1 Å². The minimum atomic E-state index is -4.36. The van der Waals surface area contributed by atoms with Crippen molar-refractivity contribution in [3.63, 3.8) is 0 Å². The van der Waals surface area contributed by atoms with Gasteiger partial charge in [0.15, 0.2) is 4.90 Å². The van der Waals surface area contributed by atoms with Crippen molar-refractivity contribution in [1.82, 2.24) is 19.1 Å². The maximum absolute atomic E-state index is 14.0. The number of aromatic nitrogens is 1. The number of amides is 1. The van der Waals surface area contributed by atoms with E-state index in [2.05, 4.69) is 33.1 Å². The number of likely N-dealkylation sites (tertiary alicyclic amines) is 1. The van der Waals surface area contributed by atoms with Gasteiger partial charge in [0, 0.05) is 55.9 Å². The zero-order valence-electron chi connectivity index (χ0n) is 25.9. The summed E-state index contributed by atoms with van der Waals surface area (Å²) in [6.45, 7) is 7.81. The van der Waals surface area contributed by atoms with Gasteiger partial charge in [-0.05, 0) is 94.6 Å². The van der Waals surface area contributed by atoms with Crippen LogP contribution in [0.25, 0.3) is 10.9 Å². The quantitative estimate of drug-likeness (QED) is 0.262. The monoisotopic (exact) mass is 635 g/mol. The van der Waals surface area contributed by atoms with E-state index in [4.69, 9.17) is 4.98 Å². The van der Waals surface area contributed by atoms with E-state index in [0.29, 0.717) is 18.5 Å². The molecule has 6 rings (SSSR count). The van der Waals surface area contributed by atoms with Crippen LogP contribution in [0.15, 0.2) is 53.4 Å². The summed E-state index contributed by atoms with van der Waals surface area (Å²) in [7, 11) is -2.24. The topological polar surface area (TPSA) is 132 Å². The largest absolute Gasteiger partial charge is 0.354 e. The first-order valence-corrected chi connectivity index (χ1v) is 17.1. The molecule has 3 aliphatic rings. The van der Waals surface area contributed by atoms with Crippen LogP contribution in [-0.2, 0) is 14.8 Å². The summed E-state index contributed by atoms with van der Waals surface area (Å²) in [4.78, 5) is 36.0. The number of piperazine rings is 1. The number of sulfonamides is 1. The number of rotatable bonds is 10. The van der Waals surface area contributed by atoms with Gasteiger partial charge < -0.3 is 20.0 Å². The fourth-order valence-corrected chi connectivity index (χ4v) is 8.21. The van der Waals surface area contributed by atoms with E-state index in [0.717, 1.165) is 74.0 Å². The van der Waals surface area contributed by atoms with Crippen LogP contribution in [0.3, 0.4) is 0 Å². The molecule has 0 unspecified atom stereocenters. The van der Waals surface area contributed by atoms with Gasteiger partial charge in [-0.2, -0.15) is 4.31 Å². The number of anilines is 2. The van der Waals surface area contributed by atoms with E-state index in [1.165, 1.54) is 41.4 Å². The number of hydrogen-bond acceptors (Lipinski definition) is 9. The van der Waals surface area contributed by atoms with Crippen LogP contribution >= 0.6 is 0 Å². The summed E-state index contributed by atoms with van der Waals surface area (Å²) in [5, 5.41) is 15.6. The van der Waals surface area contributed by atoms with Gasteiger partial charge in [0.1, 0.15) is 5.82 Å². The second-order valence-electron chi connectivity index (χ2n) is 12.6. The van der Waals surface area contributed by atoms with E-state index in [1.807, 2.05) is 19.1 Å². The number of fused-ring (bicyclic) bond motifs is 1. The van der Waals surface area contributed by atoms with Crippen LogP contribution in [0, 0.1) is 23.0 Å². The van der Waals surface area contributed by atoms with Crippen molar-refractivity contribution in [2.45, 2.75) is 43.5 Å². The number of nitrogens with zero attached hydrogens (tertiary/aromatic N) is 6. The first-order chi connectivity index (χ1) is 21.6. The van der Waals surface area contributed by atoms with E-state index in [1.54, 1.807) is 6.07 Å². The van der Waals surface area contributed by atoms with Gasteiger partial charge in [-0.15, -0.1) is 0 Å². The lowest BCUT2D eigenvalue weighted by atomic mass is 10.0. The molecule has 2 aliphatic heterocycles. The molecule has 1 aromatic heterocycles. The number of para-hydroxylation sites is 1. The first kappa shape index (κ1) is 31.3. The predicted octanol–water partition coefficient (Wildman–Crippen LogP) is 3.71. The Morgan fingerprint density at radius 2 is 1.73 bits per heavy atom. The molecule has 1 aliphatic carbocycles. The summed E-state index contributed by atoms with van der Waals surface area (Å²) in [5.41, 5.74) is 1.89. The molecule has 0 atom stereocenters. The van der Waals surface area contributed by atoms with E-state index in [9.17, 15) is 23.3 Å². The van der Waals surface area contributed by atoms with Crippen LogP contribution < -0.4 is 10.2 Å². The van der Waals surface area contributed by atoms with Gasteiger partial charge in [0.25, 0.3) is 15.7 Å². The van der Waals surface area contributed by atoms with Crippen LogP contribution in [0.1, 0.15) is 31.2 Å². The third kappa shape index (κ3) is 7.11. The van der Waals surface area contributed by atoms with E-state index in [-0.39, 0.29) is 0 Å². The zero-order chi connectivity index (χ0) is 31.7. The highest BCUT2D eigenvalue weighted by atomic mass is 32.2. The number of nitro benzene ring substituents is 1. The molecule has 45 heavy (non-hydrogen) atoms. The molecule has 2 saturated heterocycles. The molecular formula is C32H41N7O5S. The minimum Gasteiger partial charge on any atom is -0.354 e. The Kier molecular flexibility index (Phi) is 9.05. The third-order valence-corrected chi connectivity index (χ3v) is 11.2. The smallest absolute Gasteiger partial charge is 0.289 e. The number of carbonyl (C=O) groups excluding carboxylic acids is 1. The number of nitro groups is 1. The van der Waals surface area contributed by atoms with Crippen molar-refractivity contribution >= 4 is 44.0 Å². The normalized spacial score (nSPS) is 18.9. The lowest BCUT2D eigenvalue weighted by Gasteiger charge is -2.37. The molecule has 3 aromatic rings. The molecule has 1 saturated carbocycles. The number of likely N-dealkylation sites (N-methyl/N-ethyl adjacent to an activating group) is 1. The Hall–Kier alpha value is -3.65. The molecule has 1 amide bonds. The van der Waals surface area contributed by atoms with Crippen LogP contribution in [0.4, 0.5) is 17.2 Å². The number of benzene rings is 2. The fraction of sp³-hybridized carbons (Fsp3) is 0.500. The molecule has 3 fully saturated rings. The number of carbonyl (C=O) groups is 1. The summed E-state index contributed by atoms with van der Waals surface area (Å²) in [6, 6.07) is 12.5. The molecular weight excluding hydrogens is 594 g/mol. The van der Waals surface area contributed by atoms with Crippen molar-refractivity contribution in [3.8, 4) is 0 Å². The first-order valence-electron chi connectivity index (χ1n) is 15.7. The molecule has 0 bridgehead atoms. The van der Waals surface area contributed by atoms with Crippen LogP contribution in [-0.4, -0.2) is 104 Å². The van der Waals surface area contributed by atoms with Gasteiger partial charge in [0.05, 0.1) is 17.0 Å². The van der Waals surface area contributed by atoms with Crippen molar-refractivity contribution in [1.29, 1.82) is 0 Å². The predicted molar refractivity (Wildman–Crippen MR) is 174 cm³/mol. The standard InChI is InChI=1S/C32H41N7O5S/c1-23-19-31(37-17-15-35(2)16-18-37)34-28-10-9-25(20-27(23)28)33-32(40)22-38(26-11-13-36(14-12-26)21-24-7-8-24)45(43,44)30-6-4-3-5-29(30)39(41)42/h3-6,9-10,19-20,24,26H,7-8,11-18,21-22H2,1-2H3,(H,33,40). The molecule has 0 spiro atoms. The van der Waals surface area contributed by atoms with Gasteiger partial charge >= 0.3 is 0 Å². The maximum Gasteiger partial charge on any atom is 0.289 e.